The van der Waals surface area contributed by atoms with E-state index in [1.807, 2.05) is 6.07 Å². The zero-order valence-electron chi connectivity index (χ0n) is 8.73. The summed E-state index contributed by atoms with van der Waals surface area (Å²) in [6, 6.07) is 6.86. The van der Waals surface area contributed by atoms with E-state index in [2.05, 4.69) is 22.4 Å². The molecule has 0 aliphatic heterocycles. The van der Waals surface area contributed by atoms with Crippen molar-refractivity contribution >= 4 is 23.5 Å². The van der Waals surface area contributed by atoms with Crippen LogP contribution in [0, 0.1) is 0 Å². The lowest BCUT2D eigenvalue weighted by Gasteiger charge is -1.99. The number of nitrogens with one attached hydrogen (secondary N) is 3. The van der Waals surface area contributed by atoms with Gasteiger partial charge in [0, 0.05) is 12.1 Å². The number of phenols is 1. The quantitative estimate of drug-likeness (QED) is 0.245. The summed E-state index contributed by atoms with van der Waals surface area (Å²) in [6.45, 7) is 4.18. The highest BCUT2D eigenvalue weighted by molar-refractivity contribution is 7.80. The third-order valence-electron chi connectivity index (χ3n) is 1.70. The Morgan fingerprint density at radius 3 is 3.06 bits per heavy atom. The molecule has 1 aromatic rings. The first-order valence-corrected chi connectivity index (χ1v) is 5.15. The zero-order valence-corrected chi connectivity index (χ0v) is 9.55. The second kappa shape index (κ2) is 6.58. The van der Waals surface area contributed by atoms with Crippen molar-refractivity contribution in [3.63, 3.8) is 0 Å². The second-order valence-electron chi connectivity index (χ2n) is 3.01. The summed E-state index contributed by atoms with van der Waals surface area (Å²) < 4.78 is 0. The maximum Gasteiger partial charge on any atom is 0.224 e. The number of hydrazine groups is 1. The highest BCUT2D eigenvalue weighted by Gasteiger charge is 1.95. The van der Waals surface area contributed by atoms with Crippen LogP contribution < -0.4 is 15.8 Å². The number of thiocarbonyl (C=S) groups is 1. The topological polar surface area (TPSA) is 58.3 Å². The molecule has 0 saturated heterocycles. The van der Waals surface area contributed by atoms with Crippen molar-refractivity contribution in [2.24, 2.45) is 0 Å². The fourth-order valence-corrected chi connectivity index (χ4v) is 1.15. The molecule has 0 aliphatic carbocycles. The molecule has 84 valence electrons. The lowest BCUT2D eigenvalue weighted by atomic mass is 10.2. The van der Waals surface area contributed by atoms with Gasteiger partial charge in [0.2, 0.25) is 5.11 Å². The minimum atomic E-state index is 0.225. The van der Waals surface area contributed by atoms with Crippen molar-refractivity contribution in [3.8, 4) is 5.75 Å². The minimum Gasteiger partial charge on any atom is -0.508 e. The molecule has 5 heteroatoms. The van der Waals surface area contributed by atoms with E-state index in [1.54, 1.807) is 30.5 Å². The summed E-state index contributed by atoms with van der Waals surface area (Å²) in [5.41, 5.74) is 3.62. The van der Waals surface area contributed by atoms with E-state index in [9.17, 15) is 5.11 Å². The van der Waals surface area contributed by atoms with Crippen molar-refractivity contribution in [2.75, 3.05) is 6.54 Å². The molecule has 0 heterocycles. The molecule has 1 rings (SSSR count). The number of aromatic hydroxyl groups is 1. The van der Waals surface area contributed by atoms with E-state index in [1.165, 1.54) is 0 Å². The number of hydrogen-bond donors (Lipinski definition) is 4. The molecule has 0 radical (unpaired) electrons. The Labute approximate surface area is 99.7 Å². The van der Waals surface area contributed by atoms with Gasteiger partial charge >= 0.3 is 0 Å². The summed E-state index contributed by atoms with van der Waals surface area (Å²) in [5.74, 6) is 0.225. The van der Waals surface area contributed by atoms with Crippen molar-refractivity contribution in [1.82, 2.24) is 10.7 Å². The number of hydrazone groups is 1. The normalized spacial score (nSPS) is 10.0. The molecule has 0 unspecified atom stereocenters. The fraction of sp³-hybridized carbons (Fsp3) is 0.0909. The van der Waals surface area contributed by atoms with Crippen LogP contribution in [0.2, 0.25) is 0 Å². The minimum absolute atomic E-state index is 0.225. The van der Waals surface area contributed by atoms with Crippen molar-refractivity contribution in [1.29, 1.82) is 0 Å². The molecule has 0 spiro atoms. The van der Waals surface area contributed by atoms with Crippen molar-refractivity contribution in [3.05, 3.63) is 42.5 Å². The Morgan fingerprint density at radius 1 is 1.56 bits per heavy atom. The molecule has 0 bridgehead atoms. The van der Waals surface area contributed by atoms with Crippen LogP contribution in [0.3, 0.4) is 0 Å². The summed E-state index contributed by atoms with van der Waals surface area (Å²) in [4.78, 5) is 0. The van der Waals surface area contributed by atoms with Gasteiger partial charge in [0.1, 0.15) is 5.75 Å². The molecule has 0 atom stereocenters. The van der Waals surface area contributed by atoms with E-state index in [0.29, 0.717) is 11.7 Å². The molecule has 0 aliphatic rings. The molecular formula is C11H14N3OS+. The van der Waals surface area contributed by atoms with Gasteiger partial charge in [-0.15, -0.1) is 17.1 Å². The molecule has 0 aromatic heterocycles. The Morgan fingerprint density at radius 2 is 2.38 bits per heavy atom. The maximum atomic E-state index is 9.22. The second-order valence-corrected chi connectivity index (χ2v) is 3.42. The van der Waals surface area contributed by atoms with E-state index >= 15 is 0 Å². The number of phenolic OH excluding ortho intramolecular Hbond substituents is 1. The van der Waals surface area contributed by atoms with E-state index < -0.39 is 0 Å². The van der Waals surface area contributed by atoms with Gasteiger partial charge in [0.05, 0.1) is 0 Å². The lowest BCUT2D eigenvalue weighted by Crippen LogP contribution is -2.82. The third-order valence-corrected chi connectivity index (χ3v) is 1.95. The van der Waals surface area contributed by atoms with E-state index in [0.717, 1.165) is 5.56 Å². The van der Waals surface area contributed by atoms with Gasteiger partial charge in [0.25, 0.3) is 0 Å². The van der Waals surface area contributed by atoms with Crippen LogP contribution in [0.25, 0.3) is 0 Å². The van der Waals surface area contributed by atoms with E-state index in [4.69, 9.17) is 12.2 Å². The highest BCUT2D eigenvalue weighted by atomic mass is 32.1. The Kier molecular flexibility index (Phi) is 5.01. The first-order chi connectivity index (χ1) is 7.72. The summed E-state index contributed by atoms with van der Waals surface area (Å²) in [6.07, 6.45) is 3.41. The monoisotopic (exact) mass is 236 g/mol. The van der Waals surface area contributed by atoms with Crippen LogP contribution in [0.4, 0.5) is 0 Å². The van der Waals surface area contributed by atoms with Gasteiger partial charge in [-0.25, -0.2) is 0 Å². The van der Waals surface area contributed by atoms with Crippen LogP contribution in [0.5, 0.6) is 5.75 Å². The van der Waals surface area contributed by atoms with Crippen LogP contribution in [0.15, 0.2) is 36.9 Å². The number of hydrogen-bond acceptors (Lipinski definition) is 2. The van der Waals surface area contributed by atoms with E-state index in [-0.39, 0.29) is 5.75 Å². The predicted octanol–water partition coefficient (Wildman–Crippen LogP) is -0.543. The van der Waals surface area contributed by atoms with Gasteiger partial charge in [-0.1, -0.05) is 12.1 Å². The largest absolute Gasteiger partial charge is 0.508 e. The summed E-state index contributed by atoms with van der Waals surface area (Å²) >= 11 is 4.96. The van der Waals surface area contributed by atoms with Gasteiger partial charge < -0.3 is 10.4 Å². The first-order valence-electron chi connectivity index (χ1n) is 4.75. The van der Waals surface area contributed by atoms with Crippen LogP contribution in [-0.2, 0) is 0 Å². The third kappa shape index (κ3) is 4.56. The van der Waals surface area contributed by atoms with Gasteiger partial charge in [-0.3, -0.25) is 0 Å². The smallest absolute Gasteiger partial charge is 0.224 e. The summed E-state index contributed by atoms with van der Waals surface area (Å²) in [7, 11) is 0. The molecule has 0 saturated carbocycles. The molecule has 0 fully saturated rings. The average molecular weight is 236 g/mol. The van der Waals surface area contributed by atoms with Gasteiger partial charge in [-0.2, -0.15) is 0 Å². The standard InChI is InChI=1S/C11H13N3OS/c1-2-6-12-11(16)14-13-8-9-4-3-5-10(15)7-9/h2-5,7-8,15H,1,6H2,(H2,12,14,16)/p+1. The Balaban J connectivity index is 2.42. The van der Waals surface area contributed by atoms with Crippen LogP contribution >= 0.6 is 12.2 Å². The zero-order chi connectivity index (χ0) is 11.8. The van der Waals surface area contributed by atoms with Gasteiger partial charge in [-0.05, 0) is 30.4 Å². The van der Waals surface area contributed by atoms with Crippen LogP contribution in [-0.4, -0.2) is 23.0 Å². The molecular weight excluding hydrogens is 222 g/mol. The fourth-order valence-electron chi connectivity index (χ4n) is 1.01. The Bertz CT molecular complexity index is 404. The molecule has 4 nitrogen and oxygen atoms in total. The van der Waals surface area contributed by atoms with Gasteiger partial charge in [0.15, 0.2) is 6.21 Å². The maximum absolute atomic E-state index is 9.22. The van der Waals surface area contributed by atoms with Crippen molar-refractivity contribution in [2.45, 2.75) is 0 Å². The molecule has 4 N–H and O–H groups in total. The molecule has 0 amide bonds. The molecule has 1 aromatic carbocycles. The number of rotatable bonds is 4. The first kappa shape index (κ1) is 12.2. The summed E-state index contributed by atoms with van der Waals surface area (Å²) in [5, 5.41) is 15.4. The molecule has 16 heavy (non-hydrogen) atoms. The Hall–Kier alpha value is -1.88. The highest BCUT2D eigenvalue weighted by Crippen LogP contribution is 2.07. The predicted molar refractivity (Wildman–Crippen MR) is 68.2 cm³/mol. The van der Waals surface area contributed by atoms with Crippen LogP contribution in [0.1, 0.15) is 5.56 Å². The SMILES string of the molecule is C=CCNC(=S)N[NH+]=Cc1cccc(O)c1. The average Bonchev–Trinajstić information content (AvgIpc) is 2.26. The number of benzene rings is 1. The lowest BCUT2D eigenvalue weighted by molar-refractivity contribution is -0.500. The van der Waals surface area contributed by atoms with Crippen molar-refractivity contribution < 1.29 is 10.2 Å².